The Hall–Kier alpha value is -2.73. The quantitative estimate of drug-likeness (QED) is 0.666. The number of carbonyl (C=O) groups is 1. The number of aromatic nitrogens is 3. The highest BCUT2D eigenvalue weighted by atomic mass is 16.3. The molecule has 6 nitrogen and oxygen atoms in total. The summed E-state index contributed by atoms with van der Waals surface area (Å²) in [5, 5.41) is 12.7. The molecule has 3 aromatic rings. The Labute approximate surface area is 145 Å². The van der Waals surface area contributed by atoms with Crippen molar-refractivity contribution in [1.82, 2.24) is 20.3 Å². The molecule has 4 rings (SSSR count). The number of imidazole rings is 1. The van der Waals surface area contributed by atoms with Crippen LogP contribution in [0.5, 0.6) is 0 Å². The van der Waals surface area contributed by atoms with Crippen LogP contribution in [0.1, 0.15) is 30.4 Å². The number of aromatic amines is 1. The molecule has 1 aliphatic carbocycles. The summed E-state index contributed by atoms with van der Waals surface area (Å²) in [5.41, 5.74) is 2.61. The first-order chi connectivity index (χ1) is 12.2. The van der Waals surface area contributed by atoms with E-state index in [2.05, 4.69) is 20.3 Å². The van der Waals surface area contributed by atoms with Gasteiger partial charge in [-0.15, -0.1) is 0 Å². The minimum absolute atomic E-state index is 0.101. The Morgan fingerprint density at radius 2 is 2.04 bits per heavy atom. The van der Waals surface area contributed by atoms with Crippen molar-refractivity contribution >= 4 is 16.9 Å². The van der Waals surface area contributed by atoms with Gasteiger partial charge in [-0.05, 0) is 43.0 Å². The number of nitrogens with one attached hydrogen (secondary N) is 2. The molecule has 1 atom stereocenters. The van der Waals surface area contributed by atoms with Crippen LogP contribution in [0.3, 0.4) is 0 Å². The van der Waals surface area contributed by atoms with Crippen LogP contribution in [0.2, 0.25) is 0 Å². The standard InChI is InChI=1S/C19H20N4O2/c24-13-9-12(10-13)19(16-7-3-4-8-20-16)23-18(25)11-17-21-14-5-1-2-6-15(14)22-17/h1-8,12-13,19,24H,9-11H2,(H,21,22)(H,23,25). The summed E-state index contributed by atoms with van der Waals surface area (Å²) < 4.78 is 0. The van der Waals surface area contributed by atoms with Gasteiger partial charge in [0.05, 0.1) is 35.3 Å². The zero-order valence-corrected chi connectivity index (χ0v) is 13.7. The maximum atomic E-state index is 12.5. The molecular formula is C19H20N4O2. The minimum Gasteiger partial charge on any atom is -0.393 e. The fourth-order valence-electron chi connectivity index (χ4n) is 3.36. The Balaban J connectivity index is 1.48. The first-order valence-electron chi connectivity index (χ1n) is 8.51. The number of pyridine rings is 1. The second kappa shape index (κ2) is 6.64. The maximum absolute atomic E-state index is 12.5. The van der Waals surface area contributed by atoms with E-state index in [1.807, 2.05) is 42.5 Å². The number of carbonyl (C=O) groups excluding carboxylic acids is 1. The second-order valence-corrected chi connectivity index (χ2v) is 6.56. The minimum atomic E-state index is -0.275. The summed E-state index contributed by atoms with van der Waals surface area (Å²) in [4.78, 5) is 24.5. The third-order valence-corrected chi connectivity index (χ3v) is 4.71. The van der Waals surface area contributed by atoms with Crippen molar-refractivity contribution in [2.24, 2.45) is 5.92 Å². The lowest BCUT2D eigenvalue weighted by Crippen LogP contribution is -2.42. The van der Waals surface area contributed by atoms with Gasteiger partial charge < -0.3 is 15.4 Å². The van der Waals surface area contributed by atoms with Crippen molar-refractivity contribution in [2.75, 3.05) is 0 Å². The van der Waals surface area contributed by atoms with Crippen LogP contribution < -0.4 is 5.32 Å². The van der Waals surface area contributed by atoms with Gasteiger partial charge in [0.2, 0.25) is 5.91 Å². The van der Waals surface area contributed by atoms with Crippen LogP contribution in [0.4, 0.5) is 0 Å². The average molecular weight is 336 g/mol. The van der Waals surface area contributed by atoms with E-state index < -0.39 is 0 Å². The van der Waals surface area contributed by atoms with Crippen LogP contribution in [0.15, 0.2) is 48.7 Å². The van der Waals surface area contributed by atoms with Crippen molar-refractivity contribution in [3.05, 3.63) is 60.2 Å². The van der Waals surface area contributed by atoms with Gasteiger partial charge in [-0.3, -0.25) is 9.78 Å². The number of para-hydroxylation sites is 2. The zero-order valence-electron chi connectivity index (χ0n) is 13.7. The predicted octanol–water partition coefficient (Wildman–Crippen LogP) is 2.13. The number of nitrogens with zero attached hydrogens (tertiary/aromatic N) is 2. The van der Waals surface area contributed by atoms with E-state index in [9.17, 15) is 9.90 Å². The van der Waals surface area contributed by atoms with Gasteiger partial charge in [0.15, 0.2) is 0 Å². The van der Waals surface area contributed by atoms with E-state index in [0.717, 1.165) is 16.7 Å². The summed E-state index contributed by atoms with van der Waals surface area (Å²) in [6.07, 6.45) is 3.01. The van der Waals surface area contributed by atoms with Crippen LogP contribution in [0.25, 0.3) is 11.0 Å². The number of hydrogen-bond acceptors (Lipinski definition) is 4. The van der Waals surface area contributed by atoms with Gasteiger partial charge in [0.25, 0.3) is 0 Å². The maximum Gasteiger partial charge on any atom is 0.228 e. The molecule has 1 amide bonds. The molecule has 3 N–H and O–H groups in total. The Bertz CT molecular complexity index is 838. The number of aliphatic hydroxyl groups is 1. The highest BCUT2D eigenvalue weighted by molar-refractivity contribution is 5.80. The molecule has 2 aromatic heterocycles. The number of benzene rings is 1. The summed E-state index contributed by atoms with van der Waals surface area (Å²) in [6.45, 7) is 0. The summed E-state index contributed by atoms with van der Waals surface area (Å²) >= 11 is 0. The summed E-state index contributed by atoms with van der Waals surface area (Å²) in [5.74, 6) is 0.757. The fourth-order valence-corrected chi connectivity index (χ4v) is 3.36. The first kappa shape index (κ1) is 15.8. The van der Waals surface area contributed by atoms with Crippen molar-refractivity contribution in [3.8, 4) is 0 Å². The molecule has 0 aliphatic heterocycles. The molecule has 1 fully saturated rings. The van der Waals surface area contributed by atoms with Crippen LogP contribution in [-0.2, 0) is 11.2 Å². The van der Waals surface area contributed by atoms with Crippen LogP contribution in [-0.4, -0.2) is 32.1 Å². The molecule has 0 bridgehead atoms. The van der Waals surface area contributed by atoms with Gasteiger partial charge in [0, 0.05) is 6.20 Å². The van der Waals surface area contributed by atoms with E-state index >= 15 is 0 Å². The predicted molar refractivity (Wildman–Crippen MR) is 93.6 cm³/mol. The van der Waals surface area contributed by atoms with Crippen molar-refractivity contribution in [2.45, 2.75) is 31.4 Å². The second-order valence-electron chi connectivity index (χ2n) is 6.56. The molecule has 0 saturated heterocycles. The van der Waals surface area contributed by atoms with Gasteiger partial charge in [-0.25, -0.2) is 4.98 Å². The van der Waals surface area contributed by atoms with Crippen LogP contribution >= 0.6 is 0 Å². The number of amides is 1. The number of aliphatic hydroxyl groups excluding tert-OH is 1. The lowest BCUT2D eigenvalue weighted by molar-refractivity contribution is -0.122. The lowest BCUT2D eigenvalue weighted by Gasteiger charge is -2.37. The SMILES string of the molecule is O=C(Cc1nc2ccccc2[nH]1)NC(c1ccccn1)C1CC(O)C1. The molecule has 25 heavy (non-hydrogen) atoms. The average Bonchev–Trinajstić information content (AvgIpc) is 3.00. The number of fused-ring (bicyclic) bond motifs is 1. The van der Waals surface area contributed by atoms with Gasteiger partial charge in [0.1, 0.15) is 5.82 Å². The van der Waals surface area contributed by atoms with Gasteiger partial charge in [-0.2, -0.15) is 0 Å². The highest BCUT2D eigenvalue weighted by Gasteiger charge is 2.36. The number of rotatable bonds is 5. The largest absolute Gasteiger partial charge is 0.393 e. The van der Waals surface area contributed by atoms with E-state index in [-0.39, 0.29) is 30.4 Å². The molecular weight excluding hydrogens is 316 g/mol. The molecule has 0 radical (unpaired) electrons. The molecule has 128 valence electrons. The van der Waals surface area contributed by atoms with Crippen molar-refractivity contribution in [1.29, 1.82) is 0 Å². The normalized spacial score (nSPS) is 20.8. The van der Waals surface area contributed by atoms with Crippen LogP contribution in [0, 0.1) is 5.92 Å². The van der Waals surface area contributed by atoms with E-state index in [4.69, 9.17) is 0 Å². The fraction of sp³-hybridized carbons (Fsp3) is 0.316. The molecule has 6 heteroatoms. The Morgan fingerprint density at radius 1 is 1.24 bits per heavy atom. The summed E-state index contributed by atoms with van der Waals surface area (Å²) in [7, 11) is 0. The molecule has 1 aromatic carbocycles. The third-order valence-electron chi connectivity index (χ3n) is 4.71. The van der Waals surface area contributed by atoms with E-state index in [0.29, 0.717) is 18.7 Å². The topological polar surface area (TPSA) is 90.9 Å². The smallest absolute Gasteiger partial charge is 0.228 e. The van der Waals surface area contributed by atoms with E-state index in [1.165, 1.54) is 0 Å². The Morgan fingerprint density at radius 3 is 2.76 bits per heavy atom. The third kappa shape index (κ3) is 3.39. The number of H-pyrrole nitrogens is 1. The first-order valence-corrected chi connectivity index (χ1v) is 8.51. The van der Waals surface area contributed by atoms with Gasteiger partial charge >= 0.3 is 0 Å². The molecule has 1 unspecified atom stereocenters. The molecule has 1 saturated carbocycles. The van der Waals surface area contributed by atoms with Crippen molar-refractivity contribution < 1.29 is 9.90 Å². The Kier molecular flexibility index (Phi) is 4.19. The number of hydrogen-bond donors (Lipinski definition) is 3. The summed E-state index contributed by atoms with van der Waals surface area (Å²) in [6, 6.07) is 13.2. The molecule has 1 aliphatic rings. The van der Waals surface area contributed by atoms with Gasteiger partial charge in [-0.1, -0.05) is 18.2 Å². The van der Waals surface area contributed by atoms with E-state index in [1.54, 1.807) is 6.20 Å². The monoisotopic (exact) mass is 336 g/mol. The lowest BCUT2D eigenvalue weighted by atomic mass is 9.76. The zero-order chi connectivity index (χ0) is 17.2. The highest BCUT2D eigenvalue weighted by Crippen LogP contribution is 2.37. The molecule has 0 spiro atoms. The molecule has 2 heterocycles. The van der Waals surface area contributed by atoms with Crippen molar-refractivity contribution in [3.63, 3.8) is 0 Å².